The first-order valence-electron chi connectivity index (χ1n) is 7.29. The fraction of sp³-hybridized carbons (Fsp3) is 0.467. The van der Waals surface area contributed by atoms with Crippen LogP contribution in [0.1, 0.15) is 26.2 Å². The average Bonchev–Trinajstić information content (AvgIpc) is 2.51. The number of piperidine rings is 1. The standard InChI is InChI=1S/C15H18N4O2/c1-11-6-4-5-9-18(11)14(20)10-19-15(21)12-7-2-3-8-13(12)16-17-19/h2-3,7-8,11H,4-6,9-10H2,1H3. The molecule has 0 spiro atoms. The number of hydrogen-bond acceptors (Lipinski definition) is 4. The van der Waals surface area contributed by atoms with Crippen LogP contribution >= 0.6 is 0 Å². The van der Waals surface area contributed by atoms with Gasteiger partial charge in [-0.05, 0) is 38.3 Å². The number of fused-ring (bicyclic) bond motifs is 1. The normalized spacial score (nSPS) is 18.9. The Hall–Kier alpha value is -2.24. The smallest absolute Gasteiger partial charge is 0.278 e. The van der Waals surface area contributed by atoms with E-state index < -0.39 is 0 Å². The molecule has 0 radical (unpaired) electrons. The molecule has 0 aliphatic carbocycles. The Morgan fingerprint density at radius 1 is 1.33 bits per heavy atom. The number of rotatable bonds is 2. The highest BCUT2D eigenvalue weighted by molar-refractivity contribution is 5.78. The maximum atomic E-state index is 12.4. The number of benzene rings is 1. The van der Waals surface area contributed by atoms with Crippen LogP contribution in [0, 0.1) is 0 Å². The van der Waals surface area contributed by atoms with E-state index in [-0.39, 0.29) is 24.1 Å². The van der Waals surface area contributed by atoms with Crippen molar-refractivity contribution in [3.05, 3.63) is 34.6 Å². The maximum Gasteiger partial charge on any atom is 0.278 e. The van der Waals surface area contributed by atoms with Crippen LogP contribution in [0.4, 0.5) is 0 Å². The first-order chi connectivity index (χ1) is 10.2. The molecule has 6 heteroatoms. The molecule has 0 saturated carbocycles. The highest BCUT2D eigenvalue weighted by Crippen LogP contribution is 2.16. The minimum absolute atomic E-state index is 0.0407. The van der Waals surface area contributed by atoms with Crippen molar-refractivity contribution in [1.82, 2.24) is 19.9 Å². The molecule has 1 fully saturated rings. The second-order valence-electron chi connectivity index (χ2n) is 5.50. The number of carbonyl (C=O) groups excluding carboxylic acids is 1. The van der Waals surface area contributed by atoms with E-state index in [1.165, 1.54) is 0 Å². The lowest BCUT2D eigenvalue weighted by Crippen LogP contribution is -2.45. The maximum absolute atomic E-state index is 12.4. The molecular weight excluding hydrogens is 268 g/mol. The molecule has 6 nitrogen and oxygen atoms in total. The Morgan fingerprint density at radius 3 is 2.95 bits per heavy atom. The molecule has 2 heterocycles. The summed E-state index contributed by atoms with van der Waals surface area (Å²) in [5, 5.41) is 8.37. The third kappa shape index (κ3) is 2.66. The lowest BCUT2D eigenvalue weighted by Gasteiger charge is -2.33. The van der Waals surface area contributed by atoms with Crippen LogP contribution in [0.25, 0.3) is 10.9 Å². The molecule has 110 valence electrons. The third-order valence-electron chi connectivity index (χ3n) is 4.04. The van der Waals surface area contributed by atoms with E-state index in [2.05, 4.69) is 10.3 Å². The highest BCUT2D eigenvalue weighted by atomic mass is 16.2. The molecule has 1 aromatic heterocycles. The van der Waals surface area contributed by atoms with E-state index in [4.69, 9.17) is 0 Å². The highest BCUT2D eigenvalue weighted by Gasteiger charge is 2.23. The Labute approximate surface area is 122 Å². The van der Waals surface area contributed by atoms with Crippen molar-refractivity contribution in [2.45, 2.75) is 38.8 Å². The van der Waals surface area contributed by atoms with Gasteiger partial charge < -0.3 is 4.90 Å². The third-order valence-corrected chi connectivity index (χ3v) is 4.04. The average molecular weight is 286 g/mol. The van der Waals surface area contributed by atoms with E-state index in [1.807, 2.05) is 11.8 Å². The van der Waals surface area contributed by atoms with Crippen molar-refractivity contribution in [3.63, 3.8) is 0 Å². The Kier molecular flexibility index (Phi) is 3.68. The van der Waals surface area contributed by atoms with Gasteiger partial charge in [0.2, 0.25) is 5.91 Å². The minimum atomic E-state index is -0.265. The molecule has 3 rings (SSSR count). The Bertz CT molecular complexity index is 725. The van der Waals surface area contributed by atoms with Gasteiger partial charge in [0.15, 0.2) is 0 Å². The van der Waals surface area contributed by atoms with Gasteiger partial charge in [-0.1, -0.05) is 17.3 Å². The van der Waals surface area contributed by atoms with E-state index in [9.17, 15) is 9.59 Å². The van der Waals surface area contributed by atoms with Crippen LogP contribution < -0.4 is 5.56 Å². The van der Waals surface area contributed by atoms with Crippen molar-refractivity contribution >= 4 is 16.8 Å². The molecule has 2 aromatic rings. The summed E-state index contributed by atoms with van der Waals surface area (Å²) >= 11 is 0. The topological polar surface area (TPSA) is 68.1 Å². The molecule has 21 heavy (non-hydrogen) atoms. The molecule has 1 unspecified atom stereocenters. The predicted octanol–water partition coefficient (Wildman–Crippen LogP) is 1.19. The van der Waals surface area contributed by atoms with Gasteiger partial charge in [0, 0.05) is 12.6 Å². The van der Waals surface area contributed by atoms with E-state index >= 15 is 0 Å². The molecule has 0 bridgehead atoms. The molecule has 1 atom stereocenters. The minimum Gasteiger partial charge on any atom is -0.338 e. The quantitative estimate of drug-likeness (QED) is 0.831. The summed E-state index contributed by atoms with van der Waals surface area (Å²) in [7, 11) is 0. The van der Waals surface area contributed by atoms with Crippen LogP contribution in [-0.2, 0) is 11.3 Å². The zero-order chi connectivity index (χ0) is 14.8. The number of likely N-dealkylation sites (tertiary alicyclic amines) is 1. The second-order valence-corrected chi connectivity index (χ2v) is 5.50. The van der Waals surface area contributed by atoms with Gasteiger partial charge >= 0.3 is 0 Å². The molecule has 1 aromatic carbocycles. The van der Waals surface area contributed by atoms with Crippen molar-refractivity contribution in [2.24, 2.45) is 0 Å². The number of nitrogens with zero attached hydrogens (tertiary/aromatic N) is 4. The monoisotopic (exact) mass is 286 g/mol. The SMILES string of the molecule is CC1CCCCN1C(=O)Cn1nnc2ccccc2c1=O. The van der Waals surface area contributed by atoms with Gasteiger partial charge in [-0.2, -0.15) is 0 Å². The van der Waals surface area contributed by atoms with Crippen molar-refractivity contribution in [1.29, 1.82) is 0 Å². The van der Waals surface area contributed by atoms with Gasteiger partial charge in [-0.3, -0.25) is 9.59 Å². The lowest BCUT2D eigenvalue weighted by atomic mass is 10.0. The summed E-state index contributed by atoms with van der Waals surface area (Å²) < 4.78 is 1.16. The van der Waals surface area contributed by atoms with Gasteiger partial charge in [0.05, 0.1) is 5.39 Å². The van der Waals surface area contributed by atoms with Crippen molar-refractivity contribution in [3.8, 4) is 0 Å². The van der Waals surface area contributed by atoms with Crippen molar-refractivity contribution in [2.75, 3.05) is 6.54 Å². The summed E-state index contributed by atoms with van der Waals surface area (Å²) in [6.07, 6.45) is 3.19. The zero-order valence-corrected chi connectivity index (χ0v) is 12.0. The van der Waals surface area contributed by atoms with Gasteiger partial charge in [0.25, 0.3) is 5.56 Å². The fourth-order valence-corrected chi connectivity index (χ4v) is 2.81. The summed E-state index contributed by atoms with van der Waals surface area (Å²) in [6.45, 7) is 2.77. The number of amides is 1. The van der Waals surface area contributed by atoms with Crippen LogP contribution in [0.3, 0.4) is 0 Å². The fourth-order valence-electron chi connectivity index (χ4n) is 2.81. The summed E-state index contributed by atoms with van der Waals surface area (Å²) in [5.41, 5.74) is 0.288. The Morgan fingerprint density at radius 2 is 2.14 bits per heavy atom. The Balaban J connectivity index is 1.86. The van der Waals surface area contributed by atoms with Crippen LogP contribution in [0.15, 0.2) is 29.1 Å². The summed E-state index contributed by atoms with van der Waals surface area (Å²) in [6, 6.07) is 7.26. The first-order valence-corrected chi connectivity index (χ1v) is 7.29. The molecule has 1 aliphatic rings. The van der Waals surface area contributed by atoms with Gasteiger partial charge in [-0.25, -0.2) is 4.68 Å². The summed E-state index contributed by atoms with van der Waals surface area (Å²) in [4.78, 5) is 26.5. The van der Waals surface area contributed by atoms with Crippen LogP contribution in [0.2, 0.25) is 0 Å². The van der Waals surface area contributed by atoms with Crippen LogP contribution in [0.5, 0.6) is 0 Å². The van der Waals surface area contributed by atoms with Crippen molar-refractivity contribution < 1.29 is 4.79 Å². The molecule has 1 aliphatic heterocycles. The van der Waals surface area contributed by atoms with E-state index in [0.717, 1.165) is 30.5 Å². The largest absolute Gasteiger partial charge is 0.338 e. The van der Waals surface area contributed by atoms with Gasteiger partial charge in [-0.15, -0.1) is 5.10 Å². The van der Waals surface area contributed by atoms with Gasteiger partial charge in [0.1, 0.15) is 12.1 Å². The summed E-state index contributed by atoms with van der Waals surface area (Å²) in [5.74, 6) is -0.0612. The zero-order valence-electron chi connectivity index (χ0n) is 12.0. The number of hydrogen-bond donors (Lipinski definition) is 0. The lowest BCUT2D eigenvalue weighted by molar-refractivity contribution is -0.135. The number of carbonyl (C=O) groups is 1. The van der Waals surface area contributed by atoms with Crippen LogP contribution in [-0.4, -0.2) is 38.4 Å². The molecule has 1 amide bonds. The molecular formula is C15H18N4O2. The first kappa shape index (κ1) is 13.7. The van der Waals surface area contributed by atoms with E-state index in [1.54, 1.807) is 24.3 Å². The molecule has 1 saturated heterocycles. The predicted molar refractivity (Wildman–Crippen MR) is 78.8 cm³/mol. The second kappa shape index (κ2) is 5.63. The van der Waals surface area contributed by atoms with E-state index in [0.29, 0.717) is 10.9 Å². The molecule has 0 N–H and O–H groups in total. The number of aromatic nitrogens is 3.